The Labute approximate surface area is 118 Å². The molecule has 0 bridgehead atoms. The number of hydrogen-bond donors (Lipinski definition) is 1. The standard InChI is InChI=1S/C14H20N4O2/c1-3-12-10-18(7-6-17(12)2)14-15-8-11(9-16-14)4-5-13(19)20/h4-5,8-9,12H,3,6-7,10H2,1-2H3,(H,19,20)/b5-4+. The highest BCUT2D eigenvalue weighted by molar-refractivity contribution is 5.85. The summed E-state index contributed by atoms with van der Waals surface area (Å²) in [6.45, 7) is 5.03. The van der Waals surface area contributed by atoms with Crippen LogP contribution in [0.1, 0.15) is 18.9 Å². The summed E-state index contributed by atoms with van der Waals surface area (Å²) in [5.74, 6) is -0.261. The molecular weight excluding hydrogens is 256 g/mol. The van der Waals surface area contributed by atoms with Crippen LogP contribution in [-0.4, -0.2) is 58.7 Å². The van der Waals surface area contributed by atoms with Crippen LogP contribution in [-0.2, 0) is 4.79 Å². The average Bonchev–Trinajstić information content (AvgIpc) is 2.46. The summed E-state index contributed by atoms with van der Waals surface area (Å²) in [6, 6.07) is 0.527. The summed E-state index contributed by atoms with van der Waals surface area (Å²) in [6.07, 6.45) is 6.99. The zero-order valence-electron chi connectivity index (χ0n) is 11.9. The molecule has 0 amide bonds. The number of carboxylic acids is 1. The van der Waals surface area contributed by atoms with Crippen LogP contribution in [0.4, 0.5) is 5.95 Å². The minimum Gasteiger partial charge on any atom is -0.478 e. The first-order chi connectivity index (χ1) is 9.60. The zero-order chi connectivity index (χ0) is 14.5. The number of likely N-dealkylation sites (N-methyl/N-ethyl adjacent to an activating group) is 1. The SMILES string of the molecule is CCC1CN(c2ncc(/C=C/C(=O)O)cn2)CCN1C. The minimum atomic E-state index is -0.973. The predicted octanol–water partition coefficient (Wildman–Crippen LogP) is 1.10. The van der Waals surface area contributed by atoms with Gasteiger partial charge in [0.2, 0.25) is 5.95 Å². The van der Waals surface area contributed by atoms with Crippen molar-refractivity contribution in [2.24, 2.45) is 0 Å². The van der Waals surface area contributed by atoms with Crippen LogP contribution < -0.4 is 4.90 Å². The van der Waals surface area contributed by atoms with E-state index in [0.717, 1.165) is 32.1 Å². The molecular formula is C14H20N4O2. The number of anilines is 1. The Kier molecular flexibility index (Phi) is 4.68. The van der Waals surface area contributed by atoms with Gasteiger partial charge >= 0.3 is 5.97 Å². The lowest BCUT2D eigenvalue weighted by molar-refractivity contribution is -0.131. The molecule has 1 aliphatic rings. The molecule has 1 unspecified atom stereocenters. The molecule has 0 aromatic carbocycles. The van der Waals surface area contributed by atoms with Crippen molar-refractivity contribution in [1.82, 2.24) is 14.9 Å². The molecule has 108 valence electrons. The molecule has 20 heavy (non-hydrogen) atoms. The molecule has 2 heterocycles. The van der Waals surface area contributed by atoms with Gasteiger partial charge in [0.1, 0.15) is 0 Å². The van der Waals surface area contributed by atoms with Gasteiger partial charge in [-0.15, -0.1) is 0 Å². The number of nitrogens with zero attached hydrogens (tertiary/aromatic N) is 4. The highest BCUT2D eigenvalue weighted by Gasteiger charge is 2.24. The van der Waals surface area contributed by atoms with Crippen molar-refractivity contribution in [3.8, 4) is 0 Å². The lowest BCUT2D eigenvalue weighted by Gasteiger charge is -2.39. The third-order valence-electron chi connectivity index (χ3n) is 3.61. The Morgan fingerprint density at radius 2 is 2.15 bits per heavy atom. The molecule has 0 saturated carbocycles. The fourth-order valence-electron chi connectivity index (χ4n) is 2.32. The maximum atomic E-state index is 10.4. The molecule has 0 radical (unpaired) electrons. The van der Waals surface area contributed by atoms with E-state index in [2.05, 4.69) is 33.7 Å². The fraction of sp³-hybridized carbons (Fsp3) is 0.500. The number of carboxylic acid groups (broad SMARTS) is 1. The van der Waals surface area contributed by atoms with Gasteiger partial charge in [0.15, 0.2) is 0 Å². The fourth-order valence-corrected chi connectivity index (χ4v) is 2.32. The Hall–Kier alpha value is -1.95. The molecule has 1 atom stereocenters. The number of piperazine rings is 1. The largest absolute Gasteiger partial charge is 0.478 e. The van der Waals surface area contributed by atoms with E-state index in [1.165, 1.54) is 6.08 Å². The molecule has 6 heteroatoms. The summed E-state index contributed by atoms with van der Waals surface area (Å²) < 4.78 is 0. The lowest BCUT2D eigenvalue weighted by atomic mass is 10.1. The summed E-state index contributed by atoms with van der Waals surface area (Å²) >= 11 is 0. The van der Waals surface area contributed by atoms with Crippen molar-refractivity contribution in [3.63, 3.8) is 0 Å². The van der Waals surface area contributed by atoms with Crippen LogP contribution in [0, 0.1) is 0 Å². The van der Waals surface area contributed by atoms with Gasteiger partial charge in [-0.05, 0) is 19.5 Å². The van der Waals surface area contributed by atoms with E-state index in [0.29, 0.717) is 17.6 Å². The average molecular weight is 276 g/mol. The van der Waals surface area contributed by atoms with Gasteiger partial charge in [-0.3, -0.25) is 4.90 Å². The third kappa shape index (κ3) is 3.54. The van der Waals surface area contributed by atoms with Gasteiger partial charge in [-0.1, -0.05) is 6.92 Å². The molecule has 1 aliphatic heterocycles. The highest BCUT2D eigenvalue weighted by Crippen LogP contribution is 2.16. The predicted molar refractivity (Wildman–Crippen MR) is 77.6 cm³/mol. The van der Waals surface area contributed by atoms with E-state index in [9.17, 15) is 4.79 Å². The molecule has 6 nitrogen and oxygen atoms in total. The van der Waals surface area contributed by atoms with Crippen molar-refractivity contribution in [1.29, 1.82) is 0 Å². The summed E-state index contributed by atoms with van der Waals surface area (Å²) in [7, 11) is 2.14. The molecule has 1 aromatic heterocycles. The van der Waals surface area contributed by atoms with Crippen LogP contribution >= 0.6 is 0 Å². The number of aromatic nitrogens is 2. The molecule has 1 N–H and O–H groups in total. The van der Waals surface area contributed by atoms with Crippen molar-refractivity contribution < 1.29 is 9.90 Å². The second kappa shape index (κ2) is 6.47. The Morgan fingerprint density at radius 1 is 1.45 bits per heavy atom. The topological polar surface area (TPSA) is 69.6 Å². The highest BCUT2D eigenvalue weighted by atomic mass is 16.4. The zero-order valence-corrected chi connectivity index (χ0v) is 11.9. The second-order valence-electron chi connectivity index (χ2n) is 4.98. The van der Waals surface area contributed by atoms with E-state index >= 15 is 0 Å². The molecule has 0 spiro atoms. The maximum absolute atomic E-state index is 10.4. The Bertz CT molecular complexity index is 486. The van der Waals surface area contributed by atoms with Crippen LogP contribution in [0.3, 0.4) is 0 Å². The van der Waals surface area contributed by atoms with Gasteiger partial charge < -0.3 is 10.0 Å². The van der Waals surface area contributed by atoms with Crippen LogP contribution in [0.25, 0.3) is 6.08 Å². The summed E-state index contributed by atoms with van der Waals surface area (Å²) in [5.41, 5.74) is 0.692. The van der Waals surface area contributed by atoms with Crippen LogP contribution in [0.5, 0.6) is 0 Å². The lowest BCUT2D eigenvalue weighted by Crippen LogP contribution is -2.51. The molecule has 1 aromatic rings. The second-order valence-corrected chi connectivity index (χ2v) is 4.98. The van der Waals surface area contributed by atoms with E-state index in [-0.39, 0.29) is 0 Å². The van der Waals surface area contributed by atoms with E-state index < -0.39 is 5.97 Å². The van der Waals surface area contributed by atoms with E-state index in [1.54, 1.807) is 12.4 Å². The Morgan fingerprint density at radius 3 is 2.75 bits per heavy atom. The quantitative estimate of drug-likeness (QED) is 0.831. The number of aliphatic carboxylic acids is 1. The van der Waals surface area contributed by atoms with Crippen molar-refractivity contribution in [2.45, 2.75) is 19.4 Å². The van der Waals surface area contributed by atoms with E-state index in [4.69, 9.17) is 5.11 Å². The van der Waals surface area contributed by atoms with Crippen molar-refractivity contribution in [3.05, 3.63) is 24.0 Å². The van der Waals surface area contributed by atoms with Crippen LogP contribution in [0.15, 0.2) is 18.5 Å². The first-order valence-corrected chi connectivity index (χ1v) is 6.78. The monoisotopic (exact) mass is 276 g/mol. The number of hydrogen-bond acceptors (Lipinski definition) is 5. The third-order valence-corrected chi connectivity index (χ3v) is 3.61. The van der Waals surface area contributed by atoms with Crippen molar-refractivity contribution in [2.75, 3.05) is 31.6 Å². The van der Waals surface area contributed by atoms with Crippen molar-refractivity contribution >= 4 is 18.0 Å². The molecule has 1 fully saturated rings. The summed E-state index contributed by atoms with van der Waals surface area (Å²) in [5, 5.41) is 8.57. The molecule has 0 aliphatic carbocycles. The smallest absolute Gasteiger partial charge is 0.328 e. The first kappa shape index (κ1) is 14.5. The number of carbonyl (C=O) groups is 1. The first-order valence-electron chi connectivity index (χ1n) is 6.78. The van der Waals surface area contributed by atoms with Gasteiger partial charge in [0.25, 0.3) is 0 Å². The molecule has 1 saturated heterocycles. The van der Waals surface area contributed by atoms with E-state index in [1.807, 2.05) is 0 Å². The minimum absolute atomic E-state index is 0.527. The van der Waals surface area contributed by atoms with Gasteiger partial charge in [-0.2, -0.15) is 0 Å². The maximum Gasteiger partial charge on any atom is 0.328 e. The summed E-state index contributed by atoms with van der Waals surface area (Å²) in [4.78, 5) is 23.6. The Balaban J connectivity index is 2.04. The normalized spacial score (nSPS) is 20.5. The number of rotatable bonds is 4. The van der Waals surface area contributed by atoms with Crippen LogP contribution in [0.2, 0.25) is 0 Å². The van der Waals surface area contributed by atoms with Gasteiger partial charge in [0.05, 0.1) is 0 Å². The van der Waals surface area contributed by atoms with Gasteiger partial charge in [-0.25, -0.2) is 14.8 Å². The van der Waals surface area contributed by atoms with Gasteiger partial charge in [0, 0.05) is 49.7 Å². The molecule has 2 rings (SSSR count).